The average Bonchev–Trinajstić information content (AvgIpc) is 2.76. The first-order chi connectivity index (χ1) is 8.02. The monoisotopic (exact) mass is 231 g/mol. The molecule has 0 aromatic heterocycles. The van der Waals surface area contributed by atoms with Crippen LogP contribution >= 0.6 is 0 Å². The van der Waals surface area contributed by atoms with Crippen molar-refractivity contribution in [3.8, 4) is 0 Å². The van der Waals surface area contributed by atoms with Crippen molar-refractivity contribution in [2.75, 3.05) is 0 Å². The van der Waals surface area contributed by atoms with Gasteiger partial charge in [0.2, 0.25) is 0 Å². The molecule has 1 fully saturated rings. The molecule has 1 atom stereocenters. The van der Waals surface area contributed by atoms with Crippen molar-refractivity contribution in [1.29, 1.82) is 0 Å². The minimum Gasteiger partial charge on any atom is -0.411 e. The smallest absolute Gasteiger partial charge is 0.0645 e. The summed E-state index contributed by atoms with van der Waals surface area (Å²) in [5.74, 6) is 0.328. The first kappa shape index (κ1) is 12.2. The predicted octanol–water partition coefficient (Wildman–Crippen LogP) is 4.08. The lowest BCUT2D eigenvalue weighted by molar-refractivity contribution is 0.316. The van der Waals surface area contributed by atoms with Crippen LogP contribution < -0.4 is 0 Å². The summed E-state index contributed by atoms with van der Waals surface area (Å²) in [6, 6.07) is 8.76. The summed E-state index contributed by atoms with van der Waals surface area (Å²) < 4.78 is 0. The minimum atomic E-state index is 0.197. The highest BCUT2D eigenvalue weighted by Crippen LogP contribution is 2.33. The number of nitrogens with zero attached hydrogens (tertiary/aromatic N) is 1. The van der Waals surface area contributed by atoms with E-state index in [1.807, 2.05) is 0 Å². The Morgan fingerprint density at radius 2 is 1.82 bits per heavy atom. The van der Waals surface area contributed by atoms with Crippen molar-refractivity contribution in [3.05, 3.63) is 35.4 Å². The Morgan fingerprint density at radius 1 is 1.18 bits per heavy atom. The van der Waals surface area contributed by atoms with Gasteiger partial charge in [-0.2, -0.15) is 0 Å². The Labute approximate surface area is 103 Å². The molecule has 0 radical (unpaired) electrons. The van der Waals surface area contributed by atoms with Gasteiger partial charge in [0, 0.05) is 5.92 Å². The molecule has 0 bridgehead atoms. The topological polar surface area (TPSA) is 32.6 Å². The summed E-state index contributed by atoms with van der Waals surface area (Å²) in [5, 5.41) is 12.4. The van der Waals surface area contributed by atoms with Gasteiger partial charge in [-0.15, -0.1) is 0 Å². The van der Waals surface area contributed by atoms with Gasteiger partial charge in [-0.1, -0.05) is 50.2 Å². The summed E-state index contributed by atoms with van der Waals surface area (Å²) >= 11 is 0. The molecule has 2 rings (SSSR count). The summed E-state index contributed by atoms with van der Waals surface area (Å²) in [6.45, 7) is 6.66. The molecular weight excluding hydrogens is 210 g/mol. The first-order valence-electron chi connectivity index (χ1n) is 6.33. The Kier molecular flexibility index (Phi) is 3.23. The first-order valence-corrected chi connectivity index (χ1v) is 6.33. The van der Waals surface area contributed by atoms with E-state index in [1.54, 1.807) is 0 Å². The van der Waals surface area contributed by atoms with E-state index < -0.39 is 0 Å². The molecule has 0 saturated heterocycles. The molecule has 1 N–H and O–H groups in total. The lowest BCUT2D eigenvalue weighted by Gasteiger charge is -2.20. The van der Waals surface area contributed by atoms with E-state index in [0.29, 0.717) is 5.92 Å². The van der Waals surface area contributed by atoms with Crippen LogP contribution in [0.4, 0.5) is 0 Å². The SMILES string of the molecule is CC(C)(C)c1ccc([C@H]2CCC/C2=N\O)cc1. The van der Waals surface area contributed by atoms with Crippen LogP contribution in [0.3, 0.4) is 0 Å². The molecule has 17 heavy (non-hydrogen) atoms. The molecule has 92 valence electrons. The van der Waals surface area contributed by atoms with E-state index in [0.717, 1.165) is 25.0 Å². The maximum Gasteiger partial charge on any atom is 0.0645 e. The normalized spacial score (nSPS) is 23.2. The van der Waals surface area contributed by atoms with E-state index >= 15 is 0 Å². The molecule has 2 heteroatoms. The lowest BCUT2D eigenvalue weighted by atomic mass is 9.85. The van der Waals surface area contributed by atoms with E-state index in [-0.39, 0.29) is 5.41 Å². The fraction of sp³-hybridized carbons (Fsp3) is 0.533. The fourth-order valence-electron chi connectivity index (χ4n) is 2.52. The van der Waals surface area contributed by atoms with E-state index in [2.05, 4.69) is 50.2 Å². The van der Waals surface area contributed by atoms with Crippen molar-refractivity contribution >= 4 is 5.71 Å². The molecule has 1 aliphatic rings. The third-order valence-electron chi connectivity index (χ3n) is 3.64. The Bertz CT molecular complexity index is 412. The van der Waals surface area contributed by atoms with Crippen molar-refractivity contribution in [3.63, 3.8) is 0 Å². The van der Waals surface area contributed by atoms with Crippen LogP contribution in [0.1, 0.15) is 57.1 Å². The van der Waals surface area contributed by atoms with Gasteiger partial charge in [-0.25, -0.2) is 0 Å². The number of oxime groups is 1. The van der Waals surface area contributed by atoms with Crippen molar-refractivity contribution in [2.24, 2.45) is 5.16 Å². The highest BCUT2D eigenvalue weighted by Gasteiger charge is 2.25. The predicted molar refractivity (Wildman–Crippen MR) is 71.0 cm³/mol. The van der Waals surface area contributed by atoms with Gasteiger partial charge in [-0.05, 0) is 35.8 Å². The molecule has 0 unspecified atom stereocenters. The van der Waals surface area contributed by atoms with Gasteiger partial charge in [0.05, 0.1) is 5.71 Å². The molecule has 2 nitrogen and oxygen atoms in total. The van der Waals surface area contributed by atoms with Crippen LogP contribution in [0.15, 0.2) is 29.4 Å². The molecule has 0 heterocycles. The van der Waals surface area contributed by atoms with Gasteiger partial charge in [0.15, 0.2) is 0 Å². The van der Waals surface area contributed by atoms with Crippen LogP contribution in [-0.2, 0) is 5.41 Å². The van der Waals surface area contributed by atoms with Gasteiger partial charge in [0.25, 0.3) is 0 Å². The van der Waals surface area contributed by atoms with Crippen molar-refractivity contribution < 1.29 is 5.21 Å². The average molecular weight is 231 g/mol. The van der Waals surface area contributed by atoms with Crippen molar-refractivity contribution in [2.45, 2.75) is 51.4 Å². The summed E-state index contributed by atoms with van der Waals surface area (Å²) in [6.07, 6.45) is 3.17. The number of rotatable bonds is 1. The second-order valence-corrected chi connectivity index (χ2v) is 5.91. The van der Waals surface area contributed by atoms with Gasteiger partial charge >= 0.3 is 0 Å². The van der Waals surface area contributed by atoms with Crippen LogP contribution in [0.5, 0.6) is 0 Å². The van der Waals surface area contributed by atoms with Crippen LogP contribution in [0, 0.1) is 0 Å². The van der Waals surface area contributed by atoms with E-state index in [1.165, 1.54) is 11.1 Å². The van der Waals surface area contributed by atoms with Gasteiger partial charge < -0.3 is 5.21 Å². The fourth-order valence-corrected chi connectivity index (χ4v) is 2.52. The summed E-state index contributed by atoms with van der Waals surface area (Å²) in [7, 11) is 0. The molecule has 1 aliphatic carbocycles. The molecular formula is C15H21NO. The third kappa shape index (κ3) is 2.51. The highest BCUT2D eigenvalue weighted by atomic mass is 16.4. The standard InChI is InChI=1S/C15H21NO/c1-15(2,3)12-9-7-11(8-10-12)13-5-4-6-14(13)16-17/h7-10,13,17H,4-6H2,1-3H3/b16-14+/t13-/m1/s1. The molecule has 0 aliphatic heterocycles. The quantitative estimate of drug-likeness (QED) is 0.573. The molecule has 0 amide bonds. The minimum absolute atomic E-state index is 0.197. The molecule has 1 aromatic rings. The summed E-state index contributed by atoms with van der Waals surface area (Å²) in [4.78, 5) is 0. The Morgan fingerprint density at radius 3 is 2.35 bits per heavy atom. The maximum absolute atomic E-state index is 8.97. The molecule has 0 spiro atoms. The second-order valence-electron chi connectivity index (χ2n) is 5.91. The Hall–Kier alpha value is -1.31. The zero-order valence-electron chi connectivity index (χ0n) is 10.9. The van der Waals surface area contributed by atoms with E-state index in [4.69, 9.17) is 5.21 Å². The van der Waals surface area contributed by atoms with Crippen LogP contribution in [-0.4, -0.2) is 10.9 Å². The number of hydrogen-bond acceptors (Lipinski definition) is 2. The van der Waals surface area contributed by atoms with Crippen molar-refractivity contribution in [1.82, 2.24) is 0 Å². The summed E-state index contributed by atoms with van der Waals surface area (Å²) in [5.41, 5.74) is 3.76. The zero-order chi connectivity index (χ0) is 12.5. The molecule has 1 saturated carbocycles. The highest BCUT2D eigenvalue weighted by molar-refractivity contribution is 5.92. The van der Waals surface area contributed by atoms with Crippen LogP contribution in [0.2, 0.25) is 0 Å². The lowest BCUT2D eigenvalue weighted by Crippen LogP contribution is -2.11. The van der Waals surface area contributed by atoms with Gasteiger partial charge in [0.1, 0.15) is 0 Å². The van der Waals surface area contributed by atoms with Gasteiger partial charge in [-0.3, -0.25) is 0 Å². The van der Waals surface area contributed by atoms with E-state index in [9.17, 15) is 0 Å². The molecule has 1 aromatic carbocycles. The van der Waals surface area contributed by atoms with Crippen LogP contribution in [0.25, 0.3) is 0 Å². The number of benzene rings is 1. The zero-order valence-corrected chi connectivity index (χ0v) is 10.9. The number of hydrogen-bond donors (Lipinski definition) is 1. The Balaban J connectivity index is 2.24. The largest absolute Gasteiger partial charge is 0.411 e. The second kappa shape index (κ2) is 4.52. The third-order valence-corrected chi connectivity index (χ3v) is 3.64. The maximum atomic E-state index is 8.97.